The van der Waals surface area contributed by atoms with Gasteiger partial charge < -0.3 is 10.2 Å². The van der Waals surface area contributed by atoms with E-state index >= 15 is 0 Å². The third-order valence-corrected chi connectivity index (χ3v) is 2.95. The highest BCUT2D eigenvalue weighted by Gasteiger charge is 2.29. The summed E-state index contributed by atoms with van der Waals surface area (Å²) < 4.78 is 0. The summed E-state index contributed by atoms with van der Waals surface area (Å²) >= 11 is 0. The summed E-state index contributed by atoms with van der Waals surface area (Å²) in [5.74, 6) is -0.328. The fraction of sp³-hybridized carbons (Fsp3) is 0.167. The summed E-state index contributed by atoms with van der Waals surface area (Å²) in [6.45, 7) is 4.01. The van der Waals surface area contributed by atoms with Gasteiger partial charge in [-0.3, -0.25) is 0 Å². The van der Waals surface area contributed by atoms with E-state index in [9.17, 15) is 10.2 Å². The van der Waals surface area contributed by atoms with Crippen molar-refractivity contribution in [3.63, 3.8) is 0 Å². The van der Waals surface area contributed by atoms with Crippen molar-refractivity contribution >= 4 is 22.6 Å². The molecule has 1 aromatic carbocycles. The Hall–Kier alpha value is -2.10. The first-order valence-corrected chi connectivity index (χ1v) is 5.00. The smallest absolute Gasteiger partial charge is 0.188 e. The Kier molecular flexibility index (Phi) is 1.56. The molecular weight excluding hydrogens is 204 g/mol. The van der Waals surface area contributed by atoms with Gasteiger partial charge in [-0.15, -0.1) is 0 Å². The van der Waals surface area contributed by atoms with Gasteiger partial charge in [0.25, 0.3) is 0 Å². The first kappa shape index (κ1) is 9.15. The standard InChI is InChI=1S/C12H10N2O2/c1-5-3-7-8(4-6(5)2)14-10-9(13-7)11(15)12(10)16/h3-4,15-16H,1-2H3. The molecule has 0 saturated heterocycles. The highest BCUT2D eigenvalue weighted by Crippen LogP contribution is 2.35. The minimum atomic E-state index is -0.164. The molecule has 3 rings (SSSR count). The summed E-state index contributed by atoms with van der Waals surface area (Å²) in [6.07, 6.45) is 0. The van der Waals surface area contributed by atoms with Gasteiger partial charge in [0.1, 0.15) is 11.4 Å². The molecule has 0 radical (unpaired) electrons. The molecule has 1 aliphatic carbocycles. The second-order valence-corrected chi connectivity index (χ2v) is 4.04. The predicted molar refractivity (Wildman–Crippen MR) is 61.1 cm³/mol. The average molecular weight is 214 g/mol. The van der Waals surface area contributed by atoms with Gasteiger partial charge in [-0.05, 0) is 37.1 Å². The van der Waals surface area contributed by atoms with Crippen LogP contribution in [0.1, 0.15) is 22.5 Å². The number of fused-ring (bicyclic) bond motifs is 2. The van der Waals surface area contributed by atoms with Crippen LogP contribution in [0, 0.1) is 13.8 Å². The molecule has 1 heterocycles. The summed E-state index contributed by atoms with van der Waals surface area (Å²) in [5.41, 5.74) is 4.51. The maximum Gasteiger partial charge on any atom is 0.188 e. The summed E-state index contributed by atoms with van der Waals surface area (Å²) in [4.78, 5) is 8.53. The number of aromatic nitrogens is 2. The lowest BCUT2D eigenvalue weighted by molar-refractivity contribution is 0.440. The van der Waals surface area contributed by atoms with Gasteiger partial charge in [-0.2, -0.15) is 0 Å². The maximum absolute atomic E-state index is 9.38. The van der Waals surface area contributed by atoms with Crippen molar-refractivity contribution in [1.82, 2.24) is 9.97 Å². The monoisotopic (exact) mass is 214 g/mol. The molecule has 1 aromatic heterocycles. The first-order chi connectivity index (χ1) is 7.58. The average Bonchev–Trinajstić information content (AvgIpc) is 2.28. The van der Waals surface area contributed by atoms with E-state index < -0.39 is 0 Å². The number of aryl methyl sites for hydroxylation is 2. The molecule has 2 aromatic rings. The molecule has 0 spiro atoms. The summed E-state index contributed by atoms with van der Waals surface area (Å²) in [5, 5.41) is 18.8. The zero-order valence-corrected chi connectivity index (χ0v) is 8.94. The van der Waals surface area contributed by atoms with Crippen molar-refractivity contribution in [3.05, 3.63) is 34.6 Å². The number of hydrogen-bond acceptors (Lipinski definition) is 4. The number of nitrogens with zero attached hydrogens (tertiary/aromatic N) is 2. The molecular formula is C12H10N2O2. The van der Waals surface area contributed by atoms with Crippen molar-refractivity contribution < 1.29 is 10.2 Å². The Morgan fingerprint density at radius 1 is 0.812 bits per heavy atom. The molecule has 16 heavy (non-hydrogen) atoms. The van der Waals surface area contributed by atoms with Crippen molar-refractivity contribution in [3.8, 4) is 0 Å². The second-order valence-electron chi connectivity index (χ2n) is 4.04. The van der Waals surface area contributed by atoms with E-state index in [1.807, 2.05) is 26.0 Å². The lowest BCUT2D eigenvalue weighted by atomic mass is 10.0. The quantitative estimate of drug-likeness (QED) is 0.707. The molecule has 0 unspecified atom stereocenters. The van der Waals surface area contributed by atoms with Crippen molar-refractivity contribution in [2.45, 2.75) is 13.8 Å². The fourth-order valence-electron chi connectivity index (χ4n) is 1.80. The Balaban J connectivity index is 2.34. The molecule has 4 heteroatoms. The fourth-order valence-corrected chi connectivity index (χ4v) is 1.80. The van der Waals surface area contributed by atoms with E-state index in [2.05, 4.69) is 9.97 Å². The summed E-state index contributed by atoms with van der Waals surface area (Å²) in [7, 11) is 0. The van der Waals surface area contributed by atoms with Crippen LogP contribution in [0.5, 0.6) is 0 Å². The van der Waals surface area contributed by atoms with Gasteiger partial charge in [0, 0.05) is 0 Å². The molecule has 0 aliphatic heterocycles. The number of rotatable bonds is 0. The van der Waals surface area contributed by atoms with Gasteiger partial charge in [-0.1, -0.05) is 0 Å². The second kappa shape index (κ2) is 2.72. The number of aliphatic hydroxyl groups excluding tert-OH is 2. The van der Waals surface area contributed by atoms with Gasteiger partial charge >= 0.3 is 0 Å². The highest BCUT2D eigenvalue weighted by atomic mass is 16.3. The van der Waals surface area contributed by atoms with Crippen molar-refractivity contribution in [2.24, 2.45) is 0 Å². The zero-order valence-electron chi connectivity index (χ0n) is 8.94. The lowest BCUT2D eigenvalue weighted by Gasteiger charge is -2.17. The van der Waals surface area contributed by atoms with Crippen LogP contribution in [0.25, 0.3) is 22.6 Å². The normalized spacial score (nSPS) is 13.9. The Morgan fingerprint density at radius 3 is 1.56 bits per heavy atom. The van der Waals surface area contributed by atoms with Crippen LogP contribution in [-0.2, 0) is 0 Å². The number of benzene rings is 1. The summed E-state index contributed by atoms with van der Waals surface area (Å²) in [6, 6.07) is 3.86. The molecule has 0 fully saturated rings. The van der Waals surface area contributed by atoms with E-state index in [0.29, 0.717) is 11.4 Å². The Labute approximate surface area is 91.9 Å². The van der Waals surface area contributed by atoms with Crippen LogP contribution in [-0.4, -0.2) is 20.2 Å². The Bertz CT molecular complexity index is 603. The van der Waals surface area contributed by atoms with E-state index in [-0.39, 0.29) is 11.5 Å². The van der Waals surface area contributed by atoms with Crippen LogP contribution in [0.2, 0.25) is 0 Å². The number of hydrogen-bond donors (Lipinski definition) is 2. The van der Waals surface area contributed by atoms with Crippen molar-refractivity contribution in [2.75, 3.05) is 0 Å². The van der Waals surface area contributed by atoms with Crippen LogP contribution < -0.4 is 0 Å². The topological polar surface area (TPSA) is 66.2 Å². The molecule has 4 nitrogen and oxygen atoms in total. The minimum absolute atomic E-state index is 0.164. The van der Waals surface area contributed by atoms with E-state index in [0.717, 1.165) is 22.2 Å². The zero-order chi connectivity index (χ0) is 11.4. The van der Waals surface area contributed by atoms with E-state index in [1.165, 1.54) is 0 Å². The third-order valence-electron chi connectivity index (χ3n) is 2.95. The minimum Gasteiger partial charge on any atom is -0.503 e. The van der Waals surface area contributed by atoms with Crippen LogP contribution in [0.15, 0.2) is 12.1 Å². The SMILES string of the molecule is Cc1cc2nc3c(nc2cc1C)C(O)=C3O. The highest BCUT2D eigenvalue weighted by molar-refractivity contribution is 5.96. The van der Waals surface area contributed by atoms with Gasteiger partial charge in [0.05, 0.1) is 11.0 Å². The third kappa shape index (κ3) is 0.984. The number of aliphatic hydroxyl groups is 2. The lowest BCUT2D eigenvalue weighted by Crippen LogP contribution is -2.11. The van der Waals surface area contributed by atoms with Crippen LogP contribution in [0.3, 0.4) is 0 Å². The Morgan fingerprint density at radius 2 is 1.19 bits per heavy atom. The first-order valence-electron chi connectivity index (χ1n) is 5.00. The molecule has 2 N–H and O–H groups in total. The van der Waals surface area contributed by atoms with Crippen LogP contribution >= 0.6 is 0 Å². The van der Waals surface area contributed by atoms with Gasteiger partial charge in [0.2, 0.25) is 0 Å². The van der Waals surface area contributed by atoms with Crippen molar-refractivity contribution in [1.29, 1.82) is 0 Å². The molecule has 1 aliphatic rings. The molecule has 0 saturated carbocycles. The van der Waals surface area contributed by atoms with Gasteiger partial charge in [0.15, 0.2) is 11.5 Å². The maximum atomic E-state index is 9.38. The molecule has 0 bridgehead atoms. The predicted octanol–water partition coefficient (Wildman–Crippen LogP) is 2.50. The molecule has 0 atom stereocenters. The largest absolute Gasteiger partial charge is 0.503 e. The van der Waals surface area contributed by atoms with E-state index in [4.69, 9.17) is 0 Å². The van der Waals surface area contributed by atoms with Crippen LogP contribution in [0.4, 0.5) is 0 Å². The van der Waals surface area contributed by atoms with E-state index in [1.54, 1.807) is 0 Å². The molecule has 0 amide bonds. The van der Waals surface area contributed by atoms with Gasteiger partial charge in [-0.25, -0.2) is 9.97 Å². The molecule has 80 valence electrons.